The molecule has 1 saturated heterocycles. The first-order valence-corrected chi connectivity index (χ1v) is 6.73. The fraction of sp³-hybridized carbons (Fsp3) is 0.571. The maximum Gasteiger partial charge on any atom is 0.227 e. The summed E-state index contributed by atoms with van der Waals surface area (Å²) in [6.07, 6.45) is 2.77. The Morgan fingerprint density at radius 1 is 1.47 bits per heavy atom. The number of nitrogens with zero attached hydrogens (tertiary/aromatic N) is 2. The molecule has 5 heteroatoms. The van der Waals surface area contributed by atoms with E-state index in [2.05, 4.69) is 4.98 Å². The number of methoxy groups -OCH3 is 1. The molecule has 1 aliphatic heterocycles. The van der Waals surface area contributed by atoms with Gasteiger partial charge in [-0.15, -0.1) is 0 Å². The van der Waals surface area contributed by atoms with E-state index in [4.69, 9.17) is 10.5 Å². The molecule has 1 fully saturated rings. The van der Waals surface area contributed by atoms with Crippen molar-refractivity contribution >= 4 is 5.91 Å². The van der Waals surface area contributed by atoms with E-state index in [1.54, 1.807) is 13.2 Å². The monoisotopic (exact) mass is 263 g/mol. The Morgan fingerprint density at radius 2 is 2.21 bits per heavy atom. The van der Waals surface area contributed by atoms with Crippen LogP contribution in [-0.2, 0) is 11.2 Å². The Kier molecular flexibility index (Phi) is 4.74. The Hall–Kier alpha value is -1.62. The van der Waals surface area contributed by atoms with Crippen molar-refractivity contribution < 1.29 is 9.53 Å². The van der Waals surface area contributed by atoms with Crippen molar-refractivity contribution in [2.45, 2.75) is 19.3 Å². The zero-order chi connectivity index (χ0) is 13.7. The van der Waals surface area contributed by atoms with Crippen LogP contribution in [0, 0.1) is 5.92 Å². The third-order valence-electron chi connectivity index (χ3n) is 3.50. The number of aromatic nitrogens is 1. The number of carbonyl (C=O) groups is 1. The van der Waals surface area contributed by atoms with Crippen molar-refractivity contribution in [1.29, 1.82) is 0 Å². The molecule has 1 aromatic heterocycles. The smallest absolute Gasteiger partial charge is 0.227 e. The minimum Gasteiger partial charge on any atom is -0.481 e. The first kappa shape index (κ1) is 13.8. The molecule has 19 heavy (non-hydrogen) atoms. The quantitative estimate of drug-likeness (QED) is 0.854. The van der Waals surface area contributed by atoms with Crippen LogP contribution in [0.25, 0.3) is 0 Å². The molecule has 1 amide bonds. The third kappa shape index (κ3) is 3.44. The summed E-state index contributed by atoms with van der Waals surface area (Å²) in [5.74, 6) is 0.546. The lowest BCUT2D eigenvalue weighted by atomic mass is 10.0. The topological polar surface area (TPSA) is 68.5 Å². The number of carbonyl (C=O) groups excluding carboxylic acids is 1. The van der Waals surface area contributed by atoms with Crippen LogP contribution in [-0.4, -0.2) is 42.5 Å². The number of nitrogens with two attached hydrogens (primary N) is 1. The number of rotatable bonds is 5. The molecule has 2 heterocycles. The highest BCUT2D eigenvalue weighted by atomic mass is 16.5. The van der Waals surface area contributed by atoms with Crippen LogP contribution in [0.2, 0.25) is 0 Å². The van der Waals surface area contributed by atoms with E-state index in [0.717, 1.165) is 31.6 Å². The molecule has 2 rings (SSSR count). The summed E-state index contributed by atoms with van der Waals surface area (Å²) in [4.78, 5) is 18.6. The lowest BCUT2D eigenvalue weighted by molar-refractivity contribution is -0.134. The second-order valence-electron chi connectivity index (χ2n) is 4.84. The first-order valence-electron chi connectivity index (χ1n) is 6.73. The average Bonchev–Trinajstić information content (AvgIpc) is 2.98. The molecule has 1 atom stereocenters. The van der Waals surface area contributed by atoms with Gasteiger partial charge in [0.2, 0.25) is 11.8 Å². The van der Waals surface area contributed by atoms with Gasteiger partial charge in [0.1, 0.15) is 0 Å². The van der Waals surface area contributed by atoms with Gasteiger partial charge in [0.25, 0.3) is 0 Å². The van der Waals surface area contributed by atoms with Crippen molar-refractivity contribution in [3.63, 3.8) is 0 Å². The molecule has 104 valence electrons. The second-order valence-corrected chi connectivity index (χ2v) is 4.84. The highest BCUT2D eigenvalue weighted by Crippen LogP contribution is 2.16. The zero-order valence-corrected chi connectivity index (χ0v) is 11.3. The summed E-state index contributed by atoms with van der Waals surface area (Å²) in [7, 11) is 1.59. The van der Waals surface area contributed by atoms with Crippen LogP contribution in [0.3, 0.4) is 0 Å². The summed E-state index contributed by atoms with van der Waals surface area (Å²) < 4.78 is 5.09. The minimum atomic E-state index is -0.183. The van der Waals surface area contributed by atoms with Gasteiger partial charge in [-0.25, -0.2) is 4.98 Å². The van der Waals surface area contributed by atoms with Crippen molar-refractivity contribution in [2.75, 3.05) is 26.7 Å². The predicted octanol–water partition coefficient (Wildman–Crippen LogP) is 0.830. The fourth-order valence-corrected chi connectivity index (χ4v) is 2.40. The number of amides is 1. The molecular formula is C14H21N3O2. The van der Waals surface area contributed by atoms with E-state index < -0.39 is 0 Å². The first-order chi connectivity index (χ1) is 9.24. The number of hydrogen-bond acceptors (Lipinski definition) is 4. The Bertz CT molecular complexity index is 430. The molecule has 2 N–H and O–H groups in total. The Labute approximate surface area is 113 Å². The standard InChI is InChI=1S/C14H21N3O2/c1-19-13-6-4-5-12(16-13)9-11(10-15)14(18)17-7-2-3-8-17/h4-6,11H,2-3,7-10,15H2,1H3. The summed E-state index contributed by atoms with van der Waals surface area (Å²) >= 11 is 0. The summed E-state index contributed by atoms with van der Waals surface area (Å²) in [6, 6.07) is 5.58. The van der Waals surface area contributed by atoms with Gasteiger partial charge in [-0.1, -0.05) is 6.07 Å². The van der Waals surface area contributed by atoms with Crippen LogP contribution < -0.4 is 10.5 Å². The lowest BCUT2D eigenvalue weighted by Gasteiger charge is -2.21. The van der Waals surface area contributed by atoms with Crippen molar-refractivity contribution in [1.82, 2.24) is 9.88 Å². The number of pyridine rings is 1. The Balaban J connectivity index is 2.03. The van der Waals surface area contributed by atoms with Crippen LogP contribution in [0.5, 0.6) is 5.88 Å². The second kappa shape index (κ2) is 6.52. The van der Waals surface area contributed by atoms with E-state index in [1.165, 1.54) is 0 Å². The SMILES string of the molecule is COc1cccc(CC(CN)C(=O)N2CCCC2)n1. The van der Waals surface area contributed by atoms with Gasteiger partial charge in [0.05, 0.1) is 13.0 Å². The van der Waals surface area contributed by atoms with Crippen molar-refractivity contribution in [2.24, 2.45) is 11.7 Å². The normalized spacial score (nSPS) is 16.4. The van der Waals surface area contributed by atoms with Crippen LogP contribution in [0.15, 0.2) is 18.2 Å². The van der Waals surface area contributed by atoms with Gasteiger partial charge in [-0.2, -0.15) is 0 Å². The molecular weight excluding hydrogens is 242 g/mol. The lowest BCUT2D eigenvalue weighted by Crippen LogP contribution is -2.38. The molecule has 5 nitrogen and oxygen atoms in total. The number of hydrogen-bond donors (Lipinski definition) is 1. The molecule has 1 aliphatic rings. The van der Waals surface area contributed by atoms with Crippen LogP contribution in [0.4, 0.5) is 0 Å². The van der Waals surface area contributed by atoms with Gasteiger partial charge >= 0.3 is 0 Å². The van der Waals surface area contributed by atoms with Crippen LogP contribution in [0.1, 0.15) is 18.5 Å². The van der Waals surface area contributed by atoms with Gasteiger partial charge < -0.3 is 15.4 Å². The maximum absolute atomic E-state index is 12.3. The largest absolute Gasteiger partial charge is 0.481 e. The van der Waals surface area contributed by atoms with Crippen molar-refractivity contribution in [3.05, 3.63) is 23.9 Å². The fourth-order valence-electron chi connectivity index (χ4n) is 2.40. The molecule has 0 aliphatic carbocycles. The highest BCUT2D eigenvalue weighted by Gasteiger charge is 2.25. The van der Waals surface area contributed by atoms with Gasteiger partial charge in [0, 0.05) is 37.8 Å². The minimum absolute atomic E-state index is 0.157. The summed E-state index contributed by atoms with van der Waals surface area (Å²) in [6.45, 7) is 2.08. The number of ether oxygens (including phenoxy) is 1. The molecule has 1 aromatic rings. The van der Waals surface area contributed by atoms with E-state index in [9.17, 15) is 4.79 Å². The molecule has 0 bridgehead atoms. The molecule has 0 radical (unpaired) electrons. The van der Waals surface area contributed by atoms with E-state index in [1.807, 2.05) is 17.0 Å². The van der Waals surface area contributed by atoms with E-state index >= 15 is 0 Å². The summed E-state index contributed by atoms with van der Waals surface area (Å²) in [5, 5.41) is 0. The zero-order valence-electron chi connectivity index (χ0n) is 11.3. The average molecular weight is 263 g/mol. The molecule has 0 spiro atoms. The molecule has 0 aromatic carbocycles. The molecule has 1 unspecified atom stereocenters. The van der Waals surface area contributed by atoms with Gasteiger partial charge in [0.15, 0.2) is 0 Å². The van der Waals surface area contributed by atoms with Crippen molar-refractivity contribution in [3.8, 4) is 5.88 Å². The third-order valence-corrected chi connectivity index (χ3v) is 3.50. The van der Waals surface area contributed by atoms with E-state index in [-0.39, 0.29) is 11.8 Å². The van der Waals surface area contributed by atoms with Gasteiger partial charge in [-0.05, 0) is 18.9 Å². The molecule has 0 saturated carbocycles. The number of likely N-dealkylation sites (tertiary alicyclic amines) is 1. The maximum atomic E-state index is 12.3. The van der Waals surface area contributed by atoms with E-state index in [0.29, 0.717) is 18.8 Å². The predicted molar refractivity (Wildman–Crippen MR) is 72.9 cm³/mol. The van der Waals surface area contributed by atoms with Crippen LogP contribution >= 0.6 is 0 Å². The van der Waals surface area contributed by atoms with Gasteiger partial charge in [-0.3, -0.25) is 4.79 Å². The Morgan fingerprint density at radius 3 is 2.84 bits per heavy atom. The summed E-state index contributed by atoms with van der Waals surface area (Å²) in [5.41, 5.74) is 6.60. The highest BCUT2D eigenvalue weighted by molar-refractivity contribution is 5.79.